The van der Waals surface area contributed by atoms with Crippen LogP contribution in [0.1, 0.15) is 23.1 Å². The quantitative estimate of drug-likeness (QED) is 0.465. The van der Waals surface area contributed by atoms with Crippen molar-refractivity contribution in [3.8, 4) is 22.7 Å². The van der Waals surface area contributed by atoms with E-state index in [0.29, 0.717) is 29.8 Å². The average molecular weight is 420 g/mol. The van der Waals surface area contributed by atoms with Gasteiger partial charge in [-0.3, -0.25) is 9.80 Å². The molecular formula is C22H24N6O3. The van der Waals surface area contributed by atoms with Crippen molar-refractivity contribution in [2.75, 3.05) is 26.2 Å². The van der Waals surface area contributed by atoms with Crippen molar-refractivity contribution in [3.63, 3.8) is 0 Å². The van der Waals surface area contributed by atoms with Crippen LogP contribution in [0.2, 0.25) is 0 Å². The SMILES string of the molecule is Cc1cc(CN2CCN(Cc3nnc(-c4c(-c5ccccc5)noc4C)o3)CC2)no1. The molecule has 4 heterocycles. The first-order valence-electron chi connectivity index (χ1n) is 10.4. The predicted octanol–water partition coefficient (Wildman–Crippen LogP) is 3.31. The van der Waals surface area contributed by atoms with Crippen molar-refractivity contribution < 1.29 is 13.5 Å². The van der Waals surface area contributed by atoms with Gasteiger partial charge >= 0.3 is 0 Å². The van der Waals surface area contributed by atoms with E-state index >= 15 is 0 Å². The summed E-state index contributed by atoms with van der Waals surface area (Å²) in [6.45, 7) is 8.96. The summed E-state index contributed by atoms with van der Waals surface area (Å²) >= 11 is 0. The van der Waals surface area contributed by atoms with Gasteiger partial charge in [0.15, 0.2) is 0 Å². The van der Waals surface area contributed by atoms with Crippen molar-refractivity contribution in [1.29, 1.82) is 0 Å². The van der Waals surface area contributed by atoms with Crippen molar-refractivity contribution in [2.45, 2.75) is 26.9 Å². The van der Waals surface area contributed by atoms with Gasteiger partial charge in [0.05, 0.1) is 12.2 Å². The molecule has 0 amide bonds. The zero-order valence-electron chi connectivity index (χ0n) is 17.6. The minimum atomic E-state index is 0.438. The van der Waals surface area contributed by atoms with Crippen LogP contribution in [0, 0.1) is 13.8 Å². The average Bonchev–Trinajstić information content (AvgIpc) is 3.50. The van der Waals surface area contributed by atoms with Gasteiger partial charge in [0.25, 0.3) is 5.89 Å². The Morgan fingerprint density at radius 1 is 0.871 bits per heavy atom. The van der Waals surface area contributed by atoms with E-state index in [0.717, 1.165) is 55.3 Å². The first kappa shape index (κ1) is 19.7. The van der Waals surface area contributed by atoms with E-state index < -0.39 is 0 Å². The van der Waals surface area contributed by atoms with Crippen molar-refractivity contribution >= 4 is 0 Å². The molecule has 1 aromatic carbocycles. The number of rotatable bonds is 6. The van der Waals surface area contributed by atoms with Crippen LogP contribution < -0.4 is 0 Å². The molecule has 0 saturated carbocycles. The van der Waals surface area contributed by atoms with Crippen LogP contribution in [0.25, 0.3) is 22.7 Å². The van der Waals surface area contributed by atoms with Crippen molar-refractivity contribution in [1.82, 2.24) is 30.3 Å². The van der Waals surface area contributed by atoms with Crippen LogP contribution in [0.3, 0.4) is 0 Å². The lowest BCUT2D eigenvalue weighted by atomic mass is 10.1. The topological polar surface area (TPSA) is 97.5 Å². The Kier molecular flexibility index (Phi) is 5.35. The lowest BCUT2D eigenvalue weighted by Crippen LogP contribution is -2.45. The molecule has 1 aliphatic heterocycles. The number of hydrogen-bond acceptors (Lipinski definition) is 9. The molecule has 0 N–H and O–H groups in total. The van der Waals surface area contributed by atoms with E-state index in [1.54, 1.807) is 0 Å². The van der Waals surface area contributed by atoms with Gasteiger partial charge in [0.2, 0.25) is 5.89 Å². The highest BCUT2D eigenvalue weighted by atomic mass is 16.5. The summed E-state index contributed by atoms with van der Waals surface area (Å²) in [5, 5.41) is 16.8. The molecule has 160 valence electrons. The van der Waals surface area contributed by atoms with E-state index in [-0.39, 0.29) is 0 Å². The monoisotopic (exact) mass is 420 g/mol. The van der Waals surface area contributed by atoms with Crippen LogP contribution in [0.15, 0.2) is 49.9 Å². The van der Waals surface area contributed by atoms with Gasteiger partial charge in [-0.05, 0) is 13.8 Å². The first-order chi connectivity index (χ1) is 15.2. The summed E-state index contributed by atoms with van der Waals surface area (Å²) in [6.07, 6.45) is 0. The second-order valence-corrected chi connectivity index (χ2v) is 7.81. The van der Waals surface area contributed by atoms with Crippen LogP contribution in [-0.4, -0.2) is 56.5 Å². The number of nitrogens with zero attached hydrogens (tertiary/aromatic N) is 6. The largest absolute Gasteiger partial charge is 0.419 e. The third kappa shape index (κ3) is 4.28. The third-order valence-corrected chi connectivity index (χ3v) is 5.48. The van der Waals surface area contributed by atoms with Crippen LogP contribution in [0.5, 0.6) is 0 Å². The Morgan fingerprint density at radius 3 is 2.32 bits per heavy atom. The van der Waals surface area contributed by atoms with Crippen LogP contribution >= 0.6 is 0 Å². The van der Waals surface area contributed by atoms with Crippen molar-refractivity contribution in [2.24, 2.45) is 0 Å². The molecule has 0 radical (unpaired) electrons. The summed E-state index contributed by atoms with van der Waals surface area (Å²) in [7, 11) is 0. The van der Waals surface area contributed by atoms with Gasteiger partial charge in [-0.2, -0.15) is 0 Å². The highest BCUT2D eigenvalue weighted by molar-refractivity contribution is 5.77. The lowest BCUT2D eigenvalue weighted by Gasteiger charge is -2.33. The molecule has 0 spiro atoms. The second kappa shape index (κ2) is 8.44. The van der Waals surface area contributed by atoms with Gasteiger partial charge in [-0.15, -0.1) is 10.2 Å². The number of hydrogen-bond donors (Lipinski definition) is 0. The minimum Gasteiger partial charge on any atom is -0.419 e. The van der Waals surface area contributed by atoms with E-state index in [9.17, 15) is 0 Å². The fourth-order valence-electron chi connectivity index (χ4n) is 3.85. The molecular weight excluding hydrogens is 396 g/mol. The van der Waals surface area contributed by atoms with E-state index in [2.05, 4.69) is 30.3 Å². The van der Waals surface area contributed by atoms with Gasteiger partial charge in [-0.1, -0.05) is 40.6 Å². The summed E-state index contributed by atoms with van der Waals surface area (Å²) in [4.78, 5) is 4.69. The maximum Gasteiger partial charge on any atom is 0.253 e. The molecule has 0 bridgehead atoms. The summed E-state index contributed by atoms with van der Waals surface area (Å²) in [5.41, 5.74) is 3.39. The van der Waals surface area contributed by atoms with Gasteiger partial charge < -0.3 is 13.5 Å². The highest BCUT2D eigenvalue weighted by Crippen LogP contribution is 2.33. The first-order valence-corrected chi connectivity index (χ1v) is 10.4. The summed E-state index contributed by atoms with van der Waals surface area (Å²) in [6, 6.07) is 11.9. The van der Waals surface area contributed by atoms with Gasteiger partial charge in [-0.25, -0.2) is 0 Å². The number of aryl methyl sites for hydroxylation is 2. The Morgan fingerprint density at radius 2 is 1.61 bits per heavy atom. The Labute approximate surface area is 179 Å². The van der Waals surface area contributed by atoms with Crippen LogP contribution in [0.4, 0.5) is 0 Å². The molecule has 0 unspecified atom stereocenters. The Balaban J connectivity index is 1.23. The molecule has 1 fully saturated rings. The zero-order chi connectivity index (χ0) is 21.2. The maximum absolute atomic E-state index is 6.00. The third-order valence-electron chi connectivity index (χ3n) is 5.48. The van der Waals surface area contributed by atoms with Gasteiger partial charge in [0.1, 0.15) is 22.8 Å². The standard InChI is InChI=1S/C22H24N6O3/c1-15-12-18(25-30-15)13-27-8-10-28(11-9-27)14-19-23-24-22(29-19)20-16(2)31-26-21(20)17-6-4-3-5-7-17/h3-7,12H,8-11,13-14H2,1-2H3. The molecule has 4 aromatic rings. The molecule has 5 rings (SSSR count). The Hall–Kier alpha value is -3.30. The second-order valence-electron chi connectivity index (χ2n) is 7.81. The summed E-state index contributed by atoms with van der Waals surface area (Å²) in [5.74, 6) is 2.54. The van der Waals surface area contributed by atoms with Crippen LogP contribution in [-0.2, 0) is 13.1 Å². The van der Waals surface area contributed by atoms with E-state index in [1.807, 2.05) is 50.2 Å². The number of aromatic nitrogens is 4. The molecule has 0 atom stereocenters. The fourth-order valence-corrected chi connectivity index (χ4v) is 3.85. The summed E-state index contributed by atoms with van der Waals surface area (Å²) < 4.78 is 16.6. The molecule has 3 aromatic heterocycles. The molecule has 0 aliphatic carbocycles. The molecule has 1 saturated heterocycles. The minimum absolute atomic E-state index is 0.438. The Bertz CT molecular complexity index is 1140. The molecule has 31 heavy (non-hydrogen) atoms. The number of benzene rings is 1. The highest BCUT2D eigenvalue weighted by Gasteiger charge is 2.24. The smallest absolute Gasteiger partial charge is 0.253 e. The predicted molar refractivity (Wildman–Crippen MR) is 112 cm³/mol. The lowest BCUT2D eigenvalue weighted by molar-refractivity contribution is 0.113. The molecule has 1 aliphatic rings. The molecule has 9 heteroatoms. The van der Waals surface area contributed by atoms with Crippen molar-refractivity contribution in [3.05, 3.63) is 59.5 Å². The molecule has 9 nitrogen and oxygen atoms in total. The normalized spacial score (nSPS) is 15.5. The van der Waals surface area contributed by atoms with Gasteiger partial charge in [0, 0.05) is 44.4 Å². The maximum atomic E-state index is 6.00. The fraction of sp³-hybridized carbons (Fsp3) is 0.364. The van der Waals surface area contributed by atoms with E-state index in [1.165, 1.54) is 0 Å². The number of piperazine rings is 1. The zero-order valence-corrected chi connectivity index (χ0v) is 17.6. The van der Waals surface area contributed by atoms with E-state index in [4.69, 9.17) is 13.5 Å².